The molecule has 33 heavy (non-hydrogen) atoms. The Morgan fingerprint density at radius 3 is 2.42 bits per heavy atom. The maximum atomic E-state index is 12.5. The molecule has 0 saturated heterocycles. The number of methoxy groups -OCH3 is 1. The van der Waals surface area contributed by atoms with Crippen molar-refractivity contribution in [3.05, 3.63) is 101 Å². The van der Waals surface area contributed by atoms with Gasteiger partial charge in [0.2, 0.25) is 0 Å². The van der Waals surface area contributed by atoms with Crippen molar-refractivity contribution in [3.63, 3.8) is 0 Å². The van der Waals surface area contributed by atoms with Crippen LogP contribution in [0.15, 0.2) is 84.0 Å². The summed E-state index contributed by atoms with van der Waals surface area (Å²) in [6, 6.07) is 24.2. The minimum Gasteiger partial charge on any atom is -0.507 e. The average Bonchev–Trinajstić information content (AvgIpc) is 2.83. The predicted octanol–water partition coefficient (Wildman–Crippen LogP) is 5.21. The Kier molecular flexibility index (Phi) is 6.55. The maximum absolute atomic E-state index is 12.5. The number of aromatic hydroxyl groups is 1. The summed E-state index contributed by atoms with van der Waals surface area (Å²) in [6.45, 7) is 2.47. The first-order valence-electron chi connectivity index (χ1n) is 10.4. The van der Waals surface area contributed by atoms with Gasteiger partial charge in [0, 0.05) is 0 Å². The molecule has 0 bridgehead atoms. The zero-order chi connectivity index (χ0) is 23.2. The number of aryl methyl sites for hydroxylation is 1. The van der Waals surface area contributed by atoms with E-state index in [-0.39, 0.29) is 11.3 Å². The number of nitrogens with one attached hydrogen (secondary N) is 1. The normalized spacial score (nSPS) is 11.0. The van der Waals surface area contributed by atoms with Gasteiger partial charge in [-0.05, 0) is 59.2 Å². The van der Waals surface area contributed by atoms with Gasteiger partial charge < -0.3 is 14.6 Å². The number of phenolic OH excluding ortho intramolecular Hbond substituents is 1. The topological polar surface area (TPSA) is 80.2 Å². The number of hydrogen-bond acceptors (Lipinski definition) is 5. The van der Waals surface area contributed by atoms with Crippen molar-refractivity contribution < 1.29 is 19.4 Å². The van der Waals surface area contributed by atoms with Gasteiger partial charge in [-0.1, -0.05) is 54.1 Å². The van der Waals surface area contributed by atoms with Gasteiger partial charge in [0.1, 0.15) is 12.4 Å². The molecule has 0 unspecified atom stereocenters. The molecule has 2 N–H and O–H groups in total. The summed E-state index contributed by atoms with van der Waals surface area (Å²) in [6.07, 6.45) is 1.50. The molecule has 4 rings (SSSR count). The Morgan fingerprint density at radius 2 is 1.70 bits per heavy atom. The number of ether oxygens (including phenoxy) is 2. The predicted molar refractivity (Wildman–Crippen MR) is 129 cm³/mol. The third-order valence-electron chi connectivity index (χ3n) is 5.19. The molecule has 1 amide bonds. The van der Waals surface area contributed by atoms with Gasteiger partial charge >= 0.3 is 0 Å². The Balaban J connectivity index is 1.42. The summed E-state index contributed by atoms with van der Waals surface area (Å²) in [5, 5.41) is 15.9. The summed E-state index contributed by atoms with van der Waals surface area (Å²) >= 11 is 0. The molecule has 0 aromatic heterocycles. The van der Waals surface area contributed by atoms with Crippen molar-refractivity contribution in [3.8, 4) is 17.2 Å². The molecule has 6 heteroatoms. The van der Waals surface area contributed by atoms with Crippen LogP contribution in [0.25, 0.3) is 10.8 Å². The van der Waals surface area contributed by atoms with Crippen molar-refractivity contribution >= 4 is 22.9 Å². The van der Waals surface area contributed by atoms with Crippen molar-refractivity contribution in [2.24, 2.45) is 5.10 Å². The molecule has 0 aliphatic heterocycles. The fraction of sp³-hybridized carbons (Fsp3) is 0.111. The summed E-state index contributed by atoms with van der Waals surface area (Å²) in [5.41, 5.74) is 5.59. The fourth-order valence-electron chi connectivity index (χ4n) is 3.36. The molecule has 4 aromatic rings. The van der Waals surface area contributed by atoms with E-state index in [4.69, 9.17) is 9.47 Å². The minimum atomic E-state index is -0.500. The maximum Gasteiger partial charge on any atom is 0.275 e. The SMILES string of the molecule is COc1cc(/C=N/NC(=O)c2cc3ccccc3cc2O)ccc1OCc1ccc(C)cc1. The van der Waals surface area contributed by atoms with Crippen LogP contribution < -0.4 is 14.9 Å². The number of carbonyl (C=O) groups excluding carboxylic acids is 1. The summed E-state index contributed by atoms with van der Waals surface area (Å²) in [5.74, 6) is 0.572. The number of hydrazone groups is 1. The van der Waals surface area contributed by atoms with Crippen LogP contribution in [0.5, 0.6) is 17.2 Å². The van der Waals surface area contributed by atoms with E-state index in [9.17, 15) is 9.90 Å². The van der Waals surface area contributed by atoms with Gasteiger partial charge in [0.15, 0.2) is 11.5 Å². The van der Waals surface area contributed by atoms with Crippen LogP contribution in [0.1, 0.15) is 27.0 Å². The van der Waals surface area contributed by atoms with Crippen molar-refractivity contribution in [1.82, 2.24) is 5.43 Å². The second kappa shape index (κ2) is 9.87. The molecule has 0 aliphatic carbocycles. The average molecular weight is 440 g/mol. The molecule has 4 aromatic carbocycles. The third kappa shape index (κ3) is 5.30. The van der Waals surface area contributed by atoms with Crippen molar-refractivity contribution in [2.45, 2.75) is 13.5 Å². The summed E-state index contributed by atoms with van der Waals surface area (Å²) in [4.78, 5) is 12.5. The molecule has 6 nitrogen and oxygen atoms in total. The highest BCUT2D eigenvalue weighted by Gasteiger charge is 2.12. The molecular weight excluding hydrogens is 416 g/mol. The van der Waals surface area contributed by atoms with Crippen LogP contribution in [0, 0.1) is 6.92 Å². The van der Waals surface area contributed by atoms with E-state index in [0.29, 0.717) is 18.1 Å². The second-order valence-corrected chi connectivity index (χ2v) is 7.60. The Labute approximate surface area is 192 Å². The smallest absolute Gasteiger partial charge is 0.275 e. The number of phenols is 1. The number of rotatable bonds is 7. The molecule has 166 valence electrons. The van der Waals surface area contributed by atoms with Crippen LogP contribution in [0.4, 0.5) is 0 Å². The number of carbonyl (C=O) groups is 1. The molecule has 0 spiro atoms. The van der Waals surface area contributed by atoms with Gasteiger partial charge in [0.05, 0.1) is 18.9 Å². The second-order valence-electron chi connectivity index (χ2n) is 7.60. The molecular formula is C27H24N2O4. The lowest BCUT2D eigenvalue weighted by molar-refractivity contribution is 0.0952. The highest BCUT2D eigenvalue weighted by Crippen LogP contribution is 2.28. The molecule has 0 saturated carbocycles. The quantitative estimate of drug-likeness (QED) is 0.306. The Hall–Kier alpha value is -4.32. The number of benzene rings is 4. The van der Waals surface area contributed by atoms with E-state index in [1.165, 1.54) is 11.8 Å². The lowest BCUT2D eigenvalue weighted by Gasteiger charge is -2.11. The number of amides is 1. The monoisotopic (exact) mass is 440 g/mol. The van der Waals surface area contributed by atoms with E-state index in [0.717, 1.165) is 21.9 Å². The van der Waals surface area contributed by atoms with Crippen LogP contribution in [0.2, 0.25) is 0 Å². The van der Waals surface area contributed by atoms with Crippen LogP contribution in [0.3, 0.4) is 0 Å². The lowest BCUT2D eigenvalue weighted by atomic mass is 10.1. The lowest BCUT2D eigenvalue weighted by Crippen LogP contribution is -2.17. The van der Waals surface area contributed by atoms with E-state index in [1.807, 2.05) is 61.5 Å². The van der Waals surface area contributed by atoms with Gasteiger partial charge in [-0.2, -0.15) is 5.10 Å². The summed E-state index contributed by atoms with van der Waals surface area (Å²) < 4.78 is 11.3. The number of hydrogen-bond donors (Lipinski definition) is 2. The van der Waals surface area contributed by atoms with Gasteiger partial charge in [-0.25, -0.2) is 5.43 Å². The van der Waals surface area contributed by atoms with E-state index >= 15 is 0 Å². The van der Waals surface area contributed by atoms with Crippen molar-refractivity contribution in [1.29, 1.82) is 0 Å². The highest BCUT2D eigenvalue weighted by molar-refractivity contribution is 6.01. The minimum absolute atomic E-state index is 0.0989. The van der Waals surface area contributed by atoms with Crippen LogP contribution in [-0.4, -0.2) is 24.3 Å². The molecule has 0 radical (unpaired) electrons. The zero-order valence-electron chi connectivity index (χ0n) is 18.4. The van der Waals surface area contributed by atoms with Crippen LogP contribution in [-0.2, 0) is 6.61 Å². The molecule has 0 fully saturated rings. The first-order chi connectivity index (χ1) is 16.0. The van der Waals surface area contributed by atoms with Crippen molar-refractivity contribution in [2.75, 3.05) is 7.11 Å². The third-order valence-corrected chi connectivity index (χ3v) is 5.19. The number of nitrogens with zero attached hydrogens (tertiary/aromatic N) is 1. The van der Waals surface area contributed by atoms with Crippen LogP contribution >= 0.6 is 0 Å². The first kappa shape index (κ1) is 21.9. The van der Waals surface area contributed by atoms with E-state index in [1.54, 1.807) is 31.4 Å². The number of fused-ring (bicyclic) bond motifs is 1. The molecule has 0 aliphatic rings. The van der Waals surface area contributed by atoms with Gasteiger partial charge in [-0.15, -0.1) is 0 Å². The molecule has 0 atom stereocenters. The van der Waals surface area contributed by atoms with E-state index in [2.05, 4.69) is 10.5 Å². The van der Waals surface area contributed by atoms with Gasteiger partial charge in [-0.3, -0.25) is 4.79 Å². The Bertz CT molecular complexity index is 1310. The highest BCUT2D eigenvalue weighted by atomic mass is 16.5. The first-order valence-corrected chi connectivity index (χ1v) is 10.4. The Morgan fingerprint density at radius 1 is 0.970 bits per heavy atom. The van der Waals surface area contributed by atoms with Gasteiger partial charge in [0.25, 0.3) is 5.91 Å². The standard InChI is InChI=1S/C27H24N2O4/c1-18-7-9-19(10-8-18)17-33-25-12-11-20(13-26(25)32-2)16-28-29-27(31)23-14-21-5-3-4-6-22(21)15-24(23)30/h3-16,30H,17H2,1-2H3,(H,29,31)/b28-16+. The fourth-order valence-corrected chi connectivity index (χ4v) is 3.36. The van der Waals surface area contributed by atoms with E-state index < -0.39 is 5.91 Å². The largest absolute Gasteiger partial charge is 0.507 e. The zero-order valence-corrected chi connectivity index (χ0v) is 18.4. The molecule has 0 heterocycles. The summed E-state index contributed by atoms with van der Waals surface area (Å²) in [7, 11) is 1.57.